The predicted octanol–water partition coefficient (Wildman–Crippen LogP) is 5.10. The number of piperidine rings is 1. The number of rotatable bonds is 7. The number of likely N-dealkylation sites (tertiary alicyclic amines) is 1. The van der Waals surface area contributed by atoms with E-state index in [0.717, 1.165) is 30.8 Å². The SMILES string of the molecule is CC(=O)Oc1cccc(C23CCN(CC4CC4)CC2(O)CCC(NC(=O)/C=C/c2cccc(C(F)(F)F)c2)C3)c1. The minimum atomic E-state index is -4.46. The van der Waals surface area contributed by atoms with Crippen molar-refractivity contribution < 1.29 is 32.6 Å². The number of aliphatic hydroxyl groups is 1. The van der Waals surface area contributed by atoms with Crippen molar-refractivity contribution in [1.29, 1.82) is 0 Å². The van der Waals surface area contributed by atoms with Crippen molar-refractivity contribution in [3.63, 3.8) is 0 Å². The summed E-state index contributed by atoms with van der Waals surface area (Å²) >= 11 is 0. The van der Waals surface area contributed by atoms with Crippen molar-refractivity contribution in [1.82, 2.24) is 10.2 Å². The number of alkyl halides is 3. The highest BCUT2D eigenvalue weighted by molar-refractivity contribution is 5.92. The van der Waals surface area contributed by atoms with E-state index in [1.165, 1.54) is 44.1 Å². The first-order valence-electron chi connectivity index (χ1n) is 13.9. The lowest BCUT2D eigenvalue weighted by Crippen LogP contribution is -2.67. The van der Waals surface area contributed by atoms with Crippen LogP contribution in [-0.4, -0.2) is 53.2 Å². The Morgan fingerprint density at radius 3 is 2.62 bits per heavy atom. The molecule has 0 spiro atoms. The summed E-state index contributed by atoms with van der Waals surface area (Å²) in [7, 11) is 0. The van der Waals surface area contributed by atoms with E-state index in [2.05, 4.69) is 10.2 Å². The van der Waals surface area contributed by atoms with Crippen LogP contribution < -0.4 is 10.1 Å². The maximum atomic E-state index is 13.0. The number of halogens is 3. The second-order valence-electron chi connectivity index (χ2n) is 11.6. The van der Waals surface area contributed by atoms with E-state index in [-0.39, 0.29) is 11.6 Å². The van der Waals surface area contributed by atoms with E-state index in [1.807, 2.05) is 18.2 Å². The largest absolute Gasteiger partial charge is 0.427 e. The van der Waals surface area contributed by atoms with Crippen LogP contribution in [0.15, 0.2) is 54.6 Å². The second kappa shape index (κ2) is 11.0. The van der Waals surface area contributed by atoms with E-state index in [9.17, 15) is 27.9 Å². The lowest BCUT2D eigenvalue weighted by molar-refractivity contribution is -0.137. The van der Waals surface area contributed by atoms with E-state index < -0.39 is 34.6 Å². The van der Waals surface area contributed by atoms with Gasteiger partial charge in [-0.25, -0.2) is 0 Å². The van der Waals surface area contributed by atoms with Crippen molar-refractivity contribution in [2.24, 2.45) is 5.92 Å². The van der Waals surface area contributed by atoms with Crippen LogP contribution in [0.25, 0.3) is 6.08 Å². The molecule has 2 aromatic carbocycles. The number of esters is 1. The van der Waals surface area contributed by atoms with Crippen LogP contribution in [-0.2, 0) is 21.2 Å². The molecule has 40 heavy (non-hydrogen) atoms. The average molecular weight is 557 g/mol. The normalized spacial score (nSPS) is 27.3. The maximum absolute atomic E-state index is 13.0. The number of carbonyl (C=O) groups excluding carboxylic acids is 2. The van der Waals surface area contributed by atoms with Crippen LogP contribution in [0, 0.1) is 5.92 Å². The molecule has 214 valence electrons. The number of fused-ring (bicyclic) bond motifs is 1. The summed E-state index contributed by atoms with van der Waals surface area (Å²) in [6.07, 6.45) is 2.86. The number of hydrogen-bond donors (Lipinski definition) is 2. The lowest BCUT2D eigenvalue weighted by atomic mass is 9.55. The summed E-state index contributed by atoms with van der Waals surface area (Å²) in [4.78, 5) is 26.8. The number of amides is 1. The number of carbonyl (C=O) groups is 2. The van der Waals surface area contributed by atoms with Gasteiger partial charge < -0.3 is 20.1 Å². The number of benzene rings is 2. The predicted molar refractivity (Wildman–Crippen MR) is 144 cm³/mol. The quantitative estimate of drug-likeness (QED) is 0.282. The first-order valence-corrected chi connectivity index (χ1v) is 13.9. The minimum Gasteiger partial charge on any atom is -0.427 e. The monoisotopic (exact) mass is 556 g/mol. The van der Waals surface area contributed by atoms with Gasteiger partial charge in [0, 0.05) is 37.5 Å². The topological polar surface area (TPSA) is 78.9 Å². The third-order valence-corrected chi connectivity index (χ3v) is 8.58. The van der Waals surface area contributed by atoms with Gasteiger partial charge in [-0.05, 0) is 92.5 Å². The number of ether oxygens (including phenoxy) is 1. The molecule has 3 fully saturated rings. The molecule has 9 heteroatoms. The molecule has 2 aromatic rings. The molecule has 1 amide bonds. The molecular formula is C31H35F3N2O4. The van der Waals surface area contributed by atoms with E-state index in [4.69, 9.17) is 4.74 Å². The van der Waals surface area contributed by atoms with Crippen molar-refractivity contribution in [2.45, 2.75) is 68.7 Å². The molecule has 1 saturated heterocycles. The molecule has 3 atom stereocenters. The Balaban J connectivity index is 1.35. The minimum absolute atomic E-state index is 0.244. The van der Waals surface area contributed by atoms with Crippen LogP contribution in [0.1, 0.15) is 62.1 Å². The lowest BCUT2D eigenvalue weighted by Gasteiger charge is -2.58. The molecule has 1 heterocycles. The molecule has 0 radical (unpaired) electrons. The van der Waals surface area contributed by atoms with Crippen molar-refractivity contribution in [3.05, 3.63) is 71.3 Å². The number of nitrogens with one attached hydrogen (secondary N) is 1. The van der Waals surface area contributed by atoms with E-state index in [1.54, 1.807) is 6.07 Å². The van der Waals surface area contributed by atoms with Crippen LogP contribution in [0.2, 0.25) is 0 Å². The fourth-order valence-electron chi connectivity index (χ4n) is 6.47. The fraction of sp³-hybridized carbons (Fsp3) is 0.484. The Hall–Kier alpha value is -3.17. The molecule has 2 aliphatic carbocycles. The highest BCUT2D eigenvalue weighted by Crippen LogP contribution is 2.52. The summed E-state index contributed by atoms with van der Waals surface area (Å²) in [5, 5.41) is 15.2. The standard InChI is InChI=1S/C31H35F3N2O4/c1-21(37)40-27-7-3-5-24(17-27)29-14-15-36(19-23-8-9-23)20-30(29,39)13-12-26(18-29)35-28(38)11-10-22-4-2-6-25(16-22)31(32,33)34/h2-7,10-11,16-17,23,26,39H,8-9,12-15,18-20H2,1H3,(H,35,38)/b11-10+. The zero-order valence-electron chi connectivity index (χ0n) is 22.5. The van der Waals surface area contributed by atoms with Gasteiger partial charge in [-0.3, -0.25) is 9.59 Å². The molecule has 5 rings (SSSR count). The van der Waals surface area contributed by atoms with Crippen LogP contribution in [0.3, 0.4) is 0 Å². The van der Waals surface area contributed by atoms with E-state index in [0.29, 0.717) is 43.9 Å². The smallest absolute Gasteiger partial charge is 0.416 e. The highest BCUT2D eigenvalue weighted by atomic mass is 19.4. The average Bonchev–Trinajstić information content (AvgIpc) is 3.71. The molecule has 2 N–H and O–H groups in total. The van der Waals surface area contributed by atoms with Crippen molar-refractivity contribution >= 4 is 18.0 Å². The Bertz CT molecular complexity index is 1290. The van der Waals surface area contributed by atoms with Gasteiger partial charge in [-0.15, -0.1) is 0 Å². The fourth-order valence-corrected chi connectivity index (χ4v) is 6.47. The zero-order valence-corrected chi connectivity index (χ0v) is 22.5. The van der Waals surface area contributed by atoms with Gasteiger partial charge in [0.25, 0.3) is 0 Å². The first kappa shape index (κ1) is 28.4. The van der Waals surface area contributed by atoms with Gasteiger partial charge in [0.15, 0.2) is 0 Å². The van der Waals surface area contributed by atoms with Gasteiger partial charge in [0.2, 0.25) is 5.91 Å². The van der Waals surface area contributed by atoms with Crippen molar-refractivity contribution in [2.75, 3.05) is 19.6 Å². The Morgan fingerprint density at radius 1 is 1.12 bits per heavy atom. The third kappa shape index (κ3) is 6.25. The van der Waals surface area contributed by atoms with Gasteiger partial charge in [0.1, 0.15) is 5.75 Å². The highest BCUT2D eigenvalue weighted by Gasteiger charge is 2.58. The second-order valence-corrected chi connectivity index (χ2v) is 11.6. The van der Waals surface area contributed by atoms with E-state index >= 15 is 0 Å². The molecule has 1 aliphatic heterocycles. The summed E-state index contributed by atoms with van der Waals surface area (Å²) in [5.74, 6) is 0.285. The molecular weight excluding hydrogens is 521 g/mol. The molecule has 2 saturated carbocycles. The molecule has 3 unspecified atom stereocenters. The number of hydrogen-bond acceptors (Lipinski definition) is 5. The maximum Gasteiger partial charge on any atom is 0.416 e. The van der Waals surface area contributed by atoms with Gasteiger partial charge in [0.05, 0.1) is 11.2 Å². The molecule has 6 nitrogen and oxygen atoms in total. The molecule has 3 aliphatic rings. The zero-order chi connectivity index (χ0) is 28.5. The van der Waals surface area contributed by atoms with Crippen LogP contribution >= 0.6 is 0 Å². The Morgan fingerprint density at radius 2 is 1.90 bits per heavy atom. The summed E-state index contributed by atoms with van der Waals surface area (Å²) in [5.41, 5.74) is -1.30. The summed E-state index contributed by atoms with van der Waals surface area (Å²) in [6, 6.07) is 11.9. The first-order chi connectivity index (χ1) is 19.0. The summed E-state index contributed by atoms with van der Waals surface area (Å²) in [6.45, 7) is 3.67. The Kier molecular flexibility index (Phi) is 7.81. The molecule has 0 aromatic heterocycles. The number of β-amino-alcohol motifs (C(OH)–C–C–N with tert-alkyl or cyclic N) is 1. The molecule has 0 bridgehead atoms. The van der Waals surface area contributed by atoms with Crippen LogP contribution in [0.4, 0.5) is 13.2 Å². The van der Waals surface area contributed by atoms with Gasteiger partial charge in [-0.1, -0.05) is 24.3 Å². The number of nitrogens with zero attached hydrogens (tertiary/aromatic N) is 1. The van der Waals surface area contributed by atoms with Crippen molar-refractivity contribution in [3.8, 4) is 5.75 Å². The van der Waals surface area contributed by atoms with Gasteiger partial charge >= 0.3 is 12.1 Å². The van der Waals surface area contributed by atoms with Gasteiger partial charge in [-0.2, -0.15) is 13.2 Å². The third-order valence-electron chi connectivity index (χ3n) is 8.58. The Labute approximate surface area is 232 Å². The summed E-state index contributed by atoms with van der Waals surface area (Å²) < 4.78 is 44.5. The van der Waals surface area contributed by atoms with Crippen LogP contribution in [0.5, 0.6) is 5.75 Å².